The van der Waals surface area contributed by atoms with Crippen LogP contribution in [0.15, 0.2) is 34.7 Å². The fourth-order valence-corrected chi connectivity index (χ4v) is 4.44. The first-order valence-electron chi connectivity index (χ1n) is 10.3. The van der Waals surface area contributed by atoms with Gasteiger partial charge in [-0.1, -0.05) is 35.4 Å². The predicted octanol–water partition coefficient (Wildman–Crippen LogP) is 2.31. The van der Waals surface area contributed by atoms with Crippen molar-refractivity contribution in [3.05, 3.63) is 41.8 Å². The number of hydrogen-bond acceptors (Lipinski definition) is 6. The molecular weight excluding hydrogens is 354 g/mol. The first-order valence-corrected chi connectivity index (χ1v) is 10.3. The normalized spacial score (nSPS) is 21.7. The predicted molar refractivity (Wildman–Crippen MR) is 107 cm³/mol. The highest BCUT2D eigenvalue weighted by molar-refractivity contribution is 5.78. The molecule has 1 atom stereocenters. The summed E-state index contributed by atoms with van der Waals surface area (Å²) in [5.41, 5.74) is 6.94. The van der Waals surface area contributed by atoms with E-state index in [1.165, 1.54) is 5.56 Å². The van der Waals surface area contributed by atoms with E-state index in [4.69, 9.17) is 10.2 Å². The average Bonchev–Trinajstić information content (AvgIpc) is 3.16. The number of aromatic nitrogens is 2. The maximum atomic E-state index is 12.8. The molecule has 28 heavy (non-hydrogen) atoms. The van der Waals surface area contributed by atoms with Gasteiger partial charge in [-0.15, -0.1) is 5.10 Å². The number of benzene rings is 1. The lowest BCUT2D eigenvalue weighted by Crippen LogP contribution is -2.46. The van der Waals surface area contributed by atoms with Crippen molar-refractivity contribution >= 4 is 11.9 Å². The van der Waals surface area contributed by atoms with Crippen LogP contribution in [-0.4, -0.2) is 58.6 Å². The van der Waals surface area contributed by atoms with E-state index in [0.717, 1.165) is 58.3 Å². The number of carbonyl (C=O) groups excluding carboxylic acids is 1. The molecule has 7 nitrogen and oxygen atoms in total. The number of nitrogen functional groups attached to an aromatic ring is 1. The molecule has 1 aromatic carbocycles. The van der Waals surface area contributed by atoms with Gasteiger partial charge in [0.2, 0.25) is 11.8 Å². The van der Waals surface area contributed by atoms with Crippen LogP contribution in [0.5, 0.6) is 0 Å². The summed E-state index contributed by atoms with van der Waals surface area (Å²) in [5, 5.41) is 7.78. The Morgan fingerprint density at radius 3 is 2.61 bits per heavy atom. The Hall–Kier alpha value is -2.41. The van der Waals surface area contributed by atoms with E-state index in [-0.39, 0.29) is 17.8 Å². The van der Waals surface area contributed by atoms with E-state index in [2.05, 4.69) is 45.4 Å². The number of nitrogens with zero attached hydrogens (tertiary/aromatic N) is 4. The molecule has 2 aliphatic heterocycles. The molecule has 2 saturated heterocycles. The van der Waals surface area contributed by atoms with Crippen LogP contribution in [0.3, 0.4) is 0 Å². The molecule has 1 amide bonds. The van der Waals surface area contributed by atoms with Crippen molar-refractivity contribution in [3.63, 3.8) is 0 Å². The number of amides is 1. The van der Waals surface area contributed by atoms with E-state index in [1.807, 2.05) is 4.90 Å². The minimum atomic E-state index is 0.113. The summed E-state index contributed by atoms with van der Waals surface area (Å²) in [7, 11) is 0. The maximum Gasteiger partial charge on any atom is 0.312 e. The summed E-state index contributed by atoms with van der Waals surface area (Å²) < 4.78 is 5.39. The van der Waals surface area contributed by atoms with Gasteiger partial charge in [-0.3, -0.25) is 9.69 Å². The average molecular weight is 383 g/mol. The van der Waals surface area contributed by atoms with Gasteiger partial charge in [0.25, 0.3) is 0 Å². The Labute approximate surface area is 165 Å². The highest BCUT2D eigenvalue weighted by Gasteiger charge is 2.29. The molecule has 1 aromatic heterocycles. The van der Waals surface area contributed by atoms with Crippen LogP contribution in [0.25, 0.3) is 0 Å². The molecule has 4 rings (SSSR count). The molecule has 2 N–H and O–H groups in total. The monoisotopic (exact) mass is 383 g/mol. The van der Waals surface area contributed by atoms with Crippen molar-refractivity contribution < 1.29 is 9.21 Å². The number of carbonyl (C=O) groups is 1. The molecule has 150 valence electrons. The first-order chi connectivity index (χ1) is 13.7. The molecule has 2 aromatic rings. The third-order valence-electron chi connectivity index (χ3n) is 6.00. The molecule has 0 bridgehead atoms. The third-order valence-corrected chi connectivity index (χ3v) is 6.00. The zero-order valence-corrected chi connectivity index (χ0v) is 16.3. The summed E-state index contributed by atoms with van der Waals surface area (Å²) in [6.45, 7) is 3.93. The van der Waals surface area contributed by atoms with Gasteiger partial charge in [-0.05, 0) is 50.1 Å². The number of piperidine rings is 2. The molecule has 2 fully saturated rings. The number of likely N-dealkylation sites (tertiary alicyclic amines) is 2. The van der Waals surface area contributed by atoms with Crippen LogP contribution in [0, 0.1) is 5.92 Å². The smallest absolute Gasteiger partial charge is 0.312 e. The Morgan fingerprint density at radius 1 is 1.11 bits per heavy atom. The van der Waals surface area contributed by atoms with Crippen LogP contribution in [0.4, 0.5) is 6.01 Å². The lowest BCUT2D eigenvalue weighted by molar-refractivity contribution is -0.134. The summed E-state index contributed by atoms with van der Waals surface area (Å²) in [5.74, 6) is 1.68. The summed E-state index contributed by atoms with van der Waals surface area (Å²) >= 11 is 0. The third kappa shape index (κ3) is 4.70. The quantitative estimate of drug-likeness (QED) is 0.852. The van der Waals surface area contributed by atoms with Gasteiger partial charge >= 0.3 is 6.01 Å². The Bertz CT molecular complexity index is 770. The van der Waals surface area contributed by atoms with E-state index in [0.29, 0.717) is 18.4 Å². The van der Waals surface area contributed by atoms with E-state index in [1.54, 1.807) is 0 Å². The zero-order chi connectivity index (χ0) is 19.3. The molecule has 2 aliphatic rings. The van der Waals surface area contributed by atoms with Gasteiger partial charge in [-0.25, -0.2) is 0 Å². The van der Waals surface area contributed by atoms with Gasteiger partial charge < -0.3 is 15.1 Å². The van der Waals surface area contributed by atoms with Gasteiger partial charge in [-0.2, -0.15) is 0 Å². The Kier molecular flexibility index (Phi) is 5.90. The van der Waals surface area contributed by atoms with Crippen molar-refractivity contribution in [1.82, 2.24) is 20.0 Å². The second kappa shape index (κ2) is 8.73. The summed E-state index contributed by atoms with van der Waals surface area (Å²) in [6, 6.07) is 10.8. The molecule has 0 aliphatic carbocycles. The maximum absolute atomic E-state index is 12.8. The first kappa shape index (κ1) is 18.9. The Morgan fingerprint density at radius 2 is 1.89 bits per heavy atom. The highest BCUT2D eigenvalue weighted by atomic mass is 16.4. The van der Waals surface area contributed by atoms with E-state index in [9.17, 15) is 4.79 Å². The zero-order valence-electron chi connectivity index (χ0n) is 16.3. The lowest BCUT2D eigenvalue weighted by atomic mass is 9.90. The molecule has 7 heteroatoms. The van der Waals surface area contributed by atoms with Crippen LogP contribution in [-0.2, 0) is 11.2 Å². The molecule has 3 heterocycles. The van der Waals surface area contributed by atoms with Gasteiger partial charge in [0, 0.05) is 19.6 Å². The molecule has 1 unspecified atom stereocenters. The van der Waals surface area contributed by atoms with Gasteiger partial charge in [0.1, 0.15) is 0 Å². The van der Waals surface area contributed by atoms with Crippen LogP contribution in [0.2, 0.25) is 0 Å². The van der Waals surface area contributed by atoms with Gasteiger partial charge in [0.05, 0.1) is 12.5 Å². The van der Waals surface area contributed by atoms with Crippen molar-refractivity contribution in [2.24, 2.45) is 5.92 Å². The standard InChI is InChI=1S/C21H29N5O2/c22-21-24-23-20(28-21)18-7-4-10-25(14-18)15-19(27)26-11-8-17(9-12-26)13-16-5-2-1-3-6-16/h1-3,5-6,17-18H,4,7-15H2,(H2,22,24). The molecule has 0 radical (unpaired) electrons. The van der Waals surface area contributed by atoms with Crippen molar-refractivity contribution in [2.45, 2.75) is 38.0 Å². The number of hydrogen-bond donors (Lipinski definition) is 1. The second-order valence-corrected chi connectivity index (χ2v) is 8.07. The van der Waals surface area contributed by atoms with Crippen LogP contribution in [0.1, 0.15) is 43.1 Å². The number of rotatable bonds is 5. The number of anilines is 1. The summed E-state index contributed by atoms with van der Waals surface area (Å²) in [6.07, 6.45) is 5.32. The van der Waals surface area contributed by atoms with E-state index >= 15 is 0 Å². The van der Waals surface area contributed by atoms with E-state index < -0.39 is 0 Å². The molecular formula is C21H29N5O2. The molecule has 0 spiro atoms. The second-order valence-electron chi connectivity index (χ2n) is 8.07. The minimum absolute atomic E-state index is 0.113. The van der Waals surface area contributed by atoms with Gasteiger partial charge in [0.15, 0.2) is 0 Å². The van der Waals surface area contributed by atoms with Crippen LogP contribution >= 0.6 is 0 Å². The summed E-state index contributed by atoms with van der Waals surface area (Å²) in [4.78, 5) is 17.0. The topological polar surface area (TPSA) is 88.5 Å². The Balaban J connectivity index is 1.24. The van der Waals surface area contributed by atoms with Crippen molar-refractivity contribution in [3.8, 4) is 0 Å². The number of nitrogens with two attached hydrogens (primary N) is 1. The van der Waals surface area contributed by atoms with Crippen molar-refractivity contribution in [2.75, 3.05) is 38.5 Å². The minimum Gasteiger partial charge on any atom is -0.408 e. The molecule has 0 saturated carbocycles. The highest BCUT2D eigenvalue weighted by Crippen LogP contribution is 2.27. The van der Waals surface area contributed by atoms with Crippen LogP contribution < -0.4 is 5.73 Å². The fraction of sp³-hybridized carbons (Fsp3) is 0.571. The lowest BCUT2D eigenvalue weighted by Gasteiger charge is -2.35. The SMILES string of the molecule is Nc1nnc(C2CCCN(CC(=O)N3CCC(Cc4ccccc4)CC3)C2)o1. The van der Waals surface area contributed by atoms with Crippen molar-refractivity contribution in [1.29, 1.82) is 0 Å². The largest absolute Gasteiger partial charge is 0.408 e. The fourth-order valence-electron chi connectivity index (χ4n) is 4.44.